The molecule has 0 aliphatic carbocycles. The second-order valence-electron chi connectivity index (χ2n) is 5.75. The van der Waals surface area contributed by atoms with Crippen LogP contribution in [0.2, 0.25) is 0 Å². The van der Waals surface area contributed by atoms with Gasteiger partial charge in [0.15, 0.2) is 12.6 Å². The van der Waals surface area contributed by atoms with Gasteiger partial charge in [-0.25, -0.2) is 0 Å². The first-order chi connectivity index (χ1) is 11.2. The third kappa shape index (κ3) is 10.0. The van der Waals surface area contributed by atoms with Gasteiger partial charge in [-0.3, -0.25) is 4.99 Å². The van der Waals surface area contributed by atoms with Gasteiger partial charge in [0.25, 0.3) is 0 Å². The van der Waals surface area contributed by atoms with Crippen LogP contribution in [0.15, 0.2) is 29.3 Å². The Bertz CT molecular complexity index is 554. The van der Waals surface area contributed by atoms with E-state index >= 15 is 0 Å². The van der Waals surface area contributed by atoms with E-state index in [-0.39, 0.29) is 34.5 Å². The lowest BCUT2D eigenvalue weighted by atomic mass is 10.2. The molecule has 0 radical (unpaired) electrons. The van der Waals surface area contributed by atoms with Crippen molar-refractivity contribution in [2.45, 2.75) is 31.3 Å². The van der Waals surface area contributed by atoms with E-state index in [0.29, 0.717) is 24.6 Å². The zero-order valence-electron chi connectivity index (χ0n) is 14.7. The Labute approximate surface area is 168 Å². The number of benzene rings is 1. The molecule has 1 rings (SSSR count). The lowest BCUT2D eigenvalue weighted by Gasteiger charge is -2.24. The minimum absolute atomic E-state index is 0. The molecule has 0 amide bonds. The van der Waals surface area contributed by atoms with Crippen molar-refractivity contribution in [1.29, 1.82) is 0 Å². The number of ether oxygens (including phenoxy) is 1. The number of nitrogens with zero attached hydrogens (tertiary/aromatic N) is 1. The van der Waals surface area contributed by atoms with Gasteiger partial charge in [0.1, 0.15) is 5.75 Å². The number of nitrogens with one attached hydrogen (secondary N) is 2. The lowest BCUT2D eigenvalue weighted by Crippen LogP contribution is -2.43. The summed E-state index contributed by atoms with van der Waals surface area (Å²) in [5.41, 5.74) is 0.633. The molecule has 0 spiro atoms. The van der Waals surface area contributed by atoms with Gasteiger partial charge in [-0.05, 0) is 26.2 Å². The maximum atomic E-state index is 12.3. The van der Waals surface area contributed by atoms with Gasteiger partial charge in [0, 0.05) is 30.4 Å². The van der Waals surface area contributed by atoms with Crippen molar-refractivity contribution in [1.82, 2.24) is 10.6 Å². The van der Waals surface area contributed by atoms with Crippen LogP contribution in [0.5, 0.6) is 5.75 Å². The first-order valence-corrected chi connectivity index (χ1v) is 8.66. The van der Waals surface area contributed by atoms with Crippen LogP contribution in [0.1, 0.15) is 19.4 Å². The molecule has 0 atom stereocenters. The average Bonchev–Trinajstić information content (AvgIpc) is 2.53. The number of aliphatic imine (C=N–C) groups is 1. The van der Waals surface area contributed by atoms with Crippen LogP contribution in [0.3, 0.4) is 0 Å². The molecule has 0 aliphatic rings. The standard InChI is InChI=1S/C16H24F3N3OS.HI/c1-15(2,24-4)10-22-14(20-3)21-9-12-7-5-6-8-13(12)23-11-16(17,18)19;/h5-8H,9-11H2,1-4H3,(H2,20,21,22);1H. The van der Waals surface area contributed by atoms with Gasteiger partial charge >= 0.3 is 6.18 Å². The number of alkyl halides is 3. The SMILES string of the molecule is CN=C(NCc1ccccc1OCC(F)(F)F)NCC(C)(C)SC.I. The molecule has 0 heterocycles. The second-order valence-corrected chi connectivity index (χ2v) is 7.27. The van der Waals surface area contributed by atoms with Gasteiger partial charge in [0.2, 0.25) is 0 Å². The summed E-state index contributed by atoms with van der Waals surface area (Å²) in [6, 6.07) is 6.64. The number of para-hydroxylation sites is 1. The Balaban J connectivity index is 0.00000576. The largest absolute Gasteiger partial charge is 0.484 e. The average molecular weight is 491 g/mol. The molecule has 0 aromatic heterocycles. The molecule has 1 aromatic rings. The number of rotatable bonds is 7. The van der Waals surface area contributed by atoms with Crippen LogP contribution in [0.25, 0.3) is 0 Å². The molecular formula is C16H25F3IN3OS. The van der Waals surface area contributed by atoms with E-state index in [0.717, 1.165) is 0 Å². The highest BCUT2D eigenvalue weighted by atomic mass is 127. The van der Waals surface area contributed by atoms with E-state index in [1.807, 2.05) is 6.26 Å². The molecular weight excluding hydrogens is 466 g/mol. The fourth-order valence-electron chi connectivity index (χ4n) is 1.72. The summed E-state index contributed by atoms with van der Waals surface area (Å²) in [6.45, 7) is 3.93. The van der Waals surface area contributed by atoms with E-state index in [1.54, 1.807) is 37.0 Å². The molecule has 4 nitrogen and oxygen atoms in total. The van der Waals surface area contributed by atoms with Crippen molar-refractivity contribution in [3.8, 4) is 5.75 Å². The zero-order chi connectivity index (χ0) is 18.2. The van der Waals surface area contributed by atoms with E-state index in [2.05, 4.69) is 29.5 Å². The molecule has 0 saturated heterocycles. The summed E-state index contributed by atoms with van der Waals surface area (Å²) in [4.78, 5) is 4.12. The number of hydrogen-bond donors (Lipinski definition) is 2. The molecule has 144 valence electrons. The number of hydrogen-bond acceptors (Lipinski definition) is 3. The Kier molecular flexibility index (Phi) is 10.6. The molecule has 0 unspecified atom stereocenters. The molecule has 2 N–H and O–H groups in total. The molecule has 1 aromatic carbocycles. The fraction of sp³-hybridized carbons (Fsp3) is 0.562. The minimum atomic E-state index is -4.36. The minimum Gasteiger partial charge on any atom is -0.484 e. The quantitative estimate of drug-likeness (QED) is 0.343. The highest BCUT2D eigenvalue weighted by molar-refractivity contribution is 14.0. The van der Waals surface area contributed by atoms with Gasteiger partial charge in [-0.2, -0.15) is 24.9 Å². The summed E-state index contributed by atoms with van der Waals surface area (Å²) in [5, 5.41) is 6.29. The normalized spacial score (nSPS) is 12.4. The zero-order valence-corrected chi connectivity index (χ0v) is 17.9. The Morgan fingerprint density at radius 2 is 1.84 bits per heavy atom. The molecule has 25 heavy (non-hydrogen) atoms. The van der Waals surface area contributed by atoms with Gasteiger partial charge in [0.05, 0.1) is 0 Å². The molecule has 0 aliphatic heterocycles. The number of halogens is 4. The summed E-state index contributed by atoms with van der Waals surface area (Å²) in [7, 11) is 1.65. The van der Waals surface area contributed by atoms with Crippen LogP contribution in [0.4, 0.5) is 13.2 Å². The highest BCUT2D eigenvalue weighted by Gasteiger charge is 2.28. The molecule has 0 fully saturated rings. The Morgan fingerprint density at radius 3 is 2.40 bits per heavy atom. The van der Waals surface area contributed by atoms with Crippen LogP contribution in [-0.4, -0.2) is 43.3 Å². The lowest BCUT2D eigenvalue weighted by molar-refractivity contribution is -0.153. The fourth-order valence-corrected chi connectivity index (χ4v) is 1.94. The van der Waals surface area contributed by atoms with Crippen LogP contribution < -0.4 is 15.4 Å². The second kappa shape index (κ2) is 11.0. The van der Waals surface area contributed by atoms with Crippen LogP contribution in [0, 0.1) is 0 Å². The van der Waals surface area contributed by atoms with Gasteiger partial charge in [-0.1, -0.05) is 18.2 Å². The summed E-state index contributed by atoms with van der Waals surface area (Å²) in [5.74, 6) is 0.796. The maximum absolute atomic E-state index is 12.3. The summed E-state index contributed by atoms with van der Waals surface area (Å²) < 4.78 is 41.9. The van der Waals surface area contributed by atoms with E-state index in [1.165, 1.54) is 6.07 Å². The van der Waals surface area contributed by atoms with Crippen molar-refractivity contribution >= 4 is 41.7 Å². The molecule has 0 saturated carbocycles. The molecule has 9 heteroatoms. The Hall–Kier alpha value is -0.840. The van der Waals surface area contributed by atoms with Gasteiger partial charge < -0.3 is 15.4 Å². The third-order valence-corrected chi connectivity index (χ3v) is 4.52. The monoisotopic (exact) mass is 491 g/mol. The van der Waals surface area contributed by atoms with Crippen LogP contribution >= 0.6 is 35.7 Å². The highest BCUT2D eigenvalue weighted by Crippen LogP contribution is 2.22. The van der Waals surface area contributed by atoms with Crippen molar-refractivity contribution in [3.05, 3.63) is 29.8 Å². The van der Waals surface area contributed by atoms with E-state index in [9.17, 15) is 13.2 Å². The van der Waals surface area contributed by atoms with Crippen LogP contribution in [-0.2, 0) is 6.54 Å². The van der Waals surface area contributed by atoms with E-state index < -0.39 is 12.8 Å². The summed E-state index contributed by atoms with van der Waals surface area (Å²) in [6.07, 6.45) is -2.33. The first-order valence-electron chi connectivity index (χ1n) is 7.44. The number of guanidine groups is 1. The predicted molar refractivity (Wildman–Crippen MR) is 109 cm³/mol. The maximum Gasteiger partial charge on any atom is 0.422 e. The molecule has 0 bridgehead atoms. The smallest absolute Gasteiger partial charge is 0.422 e. The summed E-state index contributed by atoms with van der Waals surface area (Å²) >= 11 is 1.73. The topological polar surface area (TPSA) is 45.7 Å². The number of thioether (sulfide) groups is 1. The van der Waals surface area contributed by atoms with Crippen molar-refractivity contribution in [2.75, 3.05) is 26.5 Å². The van der Waals surface area contributed by atoms with Crippen molar-refractivity contribution in [3.63, 3.8) is 0 Å². The van der Waals surface area contributed by atoms with E-state index in [4.69, 9.17) is 4.74 Å². The Morgan fingerprint density at radius 1 is 1.20 bits per heavy atom. The first kappa shape index (κ1) is 24.2. The predicted octanol–water partition coefficient (Wildman–Crippen LogP) is 4.05. The third-order valence-electron chi connectivity index (χ3n) is 3.27. The van der Waals surface area contributed by atoms with Crippen molar-refractivity contribution < 1.29 is 17.9 Å². The van der Waals surface area contributed by atoms with Gasteiger partial charge in [-0.15, -0.1) is 24.0 Å². The van der Waals surface area contributed by atoms with Crippen molar-refractivity contribution in [2.24, 2.45) is 4.99 Å².